The van der Waals surface area contributed by atoms with Crippen LogP contribution in [0.3, 0.4) is 0 Å². The van der Waals surface area contributed by atoms with Crippen LogP contribution in [0.5, 0.6) is 0 Å². The first-order valence-electron chi connectivity index (χ1n) is 12.3. The summed E-state index contributed by atoms with van der Waals surface area (Å²) in [6, 6.07) is 27.1. The molecule has 3 aromatic rings. The minimum Gasteiger partial charge on any atom is -0.321 e. The van der Waals surface area contributed by atoms with Crippen molar-refractivity contribution in [3.8, 4) is 0 Å². The highest BCUT2D eigenvalue weighted by Crippen LogP contribution is 2.47. The molecule has 1 amide bonds. The van der Waals surface area contributed by atoms with E-state index in [4.69, 9.17) is 5.10 Å². The Balaban J connectivity index is 1.35. The summed E-state index contributed by atoms with van der Waals surface area (Å²) in [5.74, 6) is -0.158. The third kappa shape index (κ3) is 4.49. The molecule has 6 rings (SSSR count). The Bertz CT molecular complexity index is 1350. The van der Waals surface area contributed by atoms with E-state index in [1.807, 2.05) is 18.2 Å². The number of carbonyl (C=O) groups excluding carboxylic acids is 1. The summed E-state index contributed by atoms with van der Waals surface area (Å²) in [7, 11) is 0. The van der Waals surface area contributed by atoms with E-state index in [1.165, 1.54) is 40.6 Å². The number of fused-ring (bicyclic) bond motifs is 1. The monoisotopic (exact) mass is 495 g/mol. The van der Waals surface area contributed by atoms with Gasteiger partial charge in [0.2, 0.25) is 0 Å². The third-order valence-electron chi connectivity index (χ3n) is 6.94. The number of hydrogen-bond acceptors (Lipinski definition) is 4. The molecule has 0 unspecified atom stereocenters. The molecular weight excluding hydrogens is 469 g/mol. The summed E-state index contributed by atoms with van der Waals surface area (Å²) in [4.78, 5) is 13.5. The lowest BCUT2D eigenvalue weighted by atomic mass is 9.77. The van der Waals surface area contributed by atoms with Gasteiger partial charge in [-0.2, -0.15) is 5.10 Å². The molecule has 36 heavy (non-hydrogen) atoms. The van der Waals surface area contributed by atoms with Crippen molar-refractivity contribution in [2.75, 3.05) is 0 Å². The highest BCUT2D eigenvalue weighted by molar-refractivity contribution is 8.05. The smallest absolute Gasteiger partial charge is 0.260 e. The van der Waals surface area contributed by atoms with E-state index in [1.54, 1.807) is 12.1 Å². The molecule has 180 valence electrons. The van der Waals surface area contributed by atoms with Gasteiger partial charge in [-0.1, -0.05) is 84.6 Å². The lowest BCUT2D eigenvalue weighted by molar-refractivity contribution is -0.117. The van der Waals surface area contributed by atoms with Crippen LogP contribution in [0.1, 0.15) is 42.0 Å². The molecule has 1 saturated heterocycles. The molecule has 1 aliphatic carbocycles. The van der Waals surface area contributed by atoms with Crippen molar-refractivity contribution in [3.05, 3.63) is 118 Å². The van der Waals surface area contributed by atoms with Gasteiger partial charge in [-0.25, -0.2) is 4.39 Å². The molecule has 3 atom stereocenters. The van der Waals surface area contributed by atoms with Crippen molar-refractivity contribution in [1.82, 2.24) is 10.3 Å². The van der Waals surface area contributed by atoms with Gasteiger partial charge in [-0.15, -0.1) is 0 Å². The Morgan fingerprint density at radius 1 is 0.917 bits per heavy atom. The van der Waals surface area contributed by atoms with Gasteiger partial charge in [-0.05, 0) is 65.8 Å². The quantitative estimate of drug-likeness (QED) is 0.414. The first-order valence-corrected chi connectivity index (χ1v) is 13.2. The van der Waals surface area contributed by atoms with Crippen molar-refractivity contribution in [2.24, 2.45) is 11.0 Å². The van der Waals surface area contributed by atoms with Crippen LogP contribution in [0, 0.1) is 11.7 Å². The highest BCUT2D eigenvalue weighted by atomic mass is 32.2. The summed E-state index contributed by atoms with van der Waals surface area (Å²) < 4.78 is 13.3. The Morgan fingerprint density at radius 2 is 1.61 bits per heavy atom. The average Bonchev–Trinajstić information content (AvgIpc) is 3.47. The second-order valence-corrected chi connectivity index (χ2v) is 10.4. The lowest BCUT2D eigenvalue weighted by Gasteiger charge is -2.33. The van der Waals surface area contributed by atoms with Gasteiger partial charge < -0.3 is 5.32 Å². The number of nitrogens with one attached hydrogen (secondary N) is 1. The van der Waals surface area contributed by atoms with Crippen LogP contribution in [0.15, 0.2) is 101 Å². The van der Waals surface area contributed by atoms with Crippen LogP contribution in [-0.4, -0.2) is 22.1 Å². The minimum atomic E-state index is -0.314. The predicted molar refractivity (Wildman–Crippen MR) is 144 cm³/mol. The van der Waals surface area contributed by atoms with Gasteiger partial charge in [0.15, 0.2) is 5.50 Å². The number of amides is 1. The second kappa shape index (κ2) is 9.78. The zero-order valence-corrected chi connectivity index (χ0v) is 20.5. The topological polar surface area (TPSA) is 44.7 Å². The lowest BCUT2D eigenvalue weighted by Crippen LogP contribution is -2.40. The molecular formula is C30H26FN3OS. The molecule has 2 fully saturated rings. The van der Waals surface area contributed by atoms with Crippen LogP contribution in [0.2, 0.25) is 0 Å². The fraction of sp³-hybridized carbons (Fsp3) is 0.200. The number of halogens is 1. The minimum absolute atomic E-state index is 0.0450. The van der Waals surface area contributed by atoms with Crippen molar-refractivity contribution in [1.29, 1.82) is 0 Å². The van der Waals surface area contributed by atoms with E-state index in [0.717, 1.165) is 30.5 Å². The largest absolute Gasteiger partial charge is 0.321 e. The zero-order chi connectivity index (χ0) is 24.5. The van der Waals surface area contributed by atoms with Gasteiger partial charge in [-0.3, -0.25) is 9.80 Å². The maximum Gasteiger partial charge on any atom is 0.260 e. The van der Waals surface area contributed by atoms with Gasteiger partial charge in [0, 0.05) is 5.92 Å². The van der Waals surface area contributed by atoms with Gasteiger partial charge in [0.25, 0.3) is 5.91 Å². The molecule has 2 heterocycles. The SMILES string of the molecule is O=C1N[C@H](N2N=C3/C(=C/c4ccccc4)CCC[C@@H]3[C@H]2c2ccccc2)S/C1=C/c1ccc(F)cc1. The number of nitrogens with zero attached hydrogens (tertiary/aromatic N) is 2. The van der Waals surface area contributed by atoms with Gasteiger partial charge in [0.05, 0.1) is 16.7 Å². The highest BCUT2D eigenvalue weighted by Gasteiger charge is 2.46. The summed E-state index contributed by atoms with van der Waals surface area (Å²) in [6.07, 6.45) is 7.24. The van der Waals surface area contributed by atoms with Gasteiger partial charge in [0.1, 0.15) is 5.82 Å². The van der Waals surface area contributed by atoms with Crippen LogP contribution >= 0.6 is 11.8 Å². The number of hydrazone groups is 1. The van der Waals surface area contributed by atoms with Crippen molar-refractivity contribution >= 4 is 35.5 Å². The van der Waals surface area contributed by atoms with Gasteiger partial charge >= 0.3 is 0 Å². The summed E-state index contributed by atoms with van der Waals surface area (Å²) >= 11 is 1.47. The van der Waals surface area contributed by atoms with E-state index >= 15 is 0 Å². The number of thioether (sulfide) groups is 1. The number of benzene rings is 3. The normalized spacial score (nSPS) is 25.7. The van der Waals surface area contributed by atoms with E-state index in [-0.39, 0.29) is 29.2 Å². The number of rotatable bonds is 4. The third-order valence-corrected chi connectivity index (χ3v) is 8.05. The molecule has 3 aromatic carbocycles. The number of hydrogen-bond donors (Lipinski definition) is 1. The fourth-order valence-corrected chi connectivity index (χ4v) is 6.34. The number of allylic oxidation sites excluding steroid dienone is 1. The Morgan fingerprint density at radius 3 is 2.36 bits per heavy atom. The van der Waals surface area contributed by atoms with Crippen molar-refractivity contribution < 1.29 is 9.18 Å². The van der Waals surface area contributed by atoms with Crippen LogP contribution in [0.4, 0.5) is 4.39 Å². The predicted octanol–water partition coefficient (Wildman–Crippen LogP) is 6.61. The molecule has 3 aliphatic rings. The first-order chi connectivity index (χ1) is 17.7. The zero-order valence-electron chi connectivity index (χ0n) is 19.7. The van der Waals surface area contributed by atoms with Crippen molar-refractivity contribution in [3.63, 3.8) is 0 Å². The van der Waals surface area contributed by atoms with E-state index in [0.29, 0.717) is 4.91 Å². The van der Waals surface area contributed by atoms with Crippen LogP contribution in [0.25, 0.3) is 12.2 Å². The first kappa shape index (κ1) is 22.8. The fourth-order valence-electron chi connectivity index (χ4n) is 5.28. The van der Waals surface area contributed by atoms with E-state index in [9.17, 15) is 9.18 Å². The molecule has 0 radical (unpaired) electrons. The Labute approximate surface area is 214 Å². The van der Waals surface area contributed by atoms with E-state index < -0.39 is 0 Å². The maximum absolute atomic E-state index is 13.3. The second-order valence-electron chi connectivity index (χ2n) is 9.30. The molecule has 1 saturated carbocycles. The molecule has 6 heteroatoms. The Hall–Kier alpha value is -3.64. The van der Waals surface area contributed by atoms with E-state index in [2.05, 4.69) is 64.9 Å². The number of carbonyl (C=O) groups is 1. The summed E-state index contributed by atoms with van der Waals surface area (Å²) in [6.45, 7) is 0. The maximum atomic E-state index is 13.3. The average molecular weight is 496 g/mol. The summed E-state index contributed by atoms with van der Waals surface area (Å²) in [5, 5.41) is 10.4. The van der Waals surface area contributed by atoms with Crippen LogP contribution < -0.4 is 5.32 Å². The standard InChI is InChI=1S/C30H26FN3OS/c31-24-16-14-21(15-17-24)19-26-29(35)32-30(36-26)34-28(22-10-5-2-6-11-22)25-13-7-12-23(27(25)33-34)18-20-8-3-1-4-9-20/h1-6,8-11,14-19,25,28,30H,7,12-13H2,(H,32,35)/b23-18+,26-19+/t25-,28+,30+/m0/s1. The molecule has 0 aromatic heterocycles. The molecule has 4 nitrogen and oxygen atoms in total. The summed E-state index contributed by atoms with van der Waals surface area (Å²) in [5.41, 5.74) is 5.27. The molecule has 2 aliphatic heterocycles. The Kier molecular flexibility index (Phi) is 6.20. The molecule has 0 bridgehead atoms. The molecule has 0 spiro atoms. The van der Waals surface area contributed by atoms with Crippen LogP contribution in [-0.2, 0) is 4.79 Å². The molecule has 1 N–H and O–H groups in total. The van der Waals surface area contributed by atoms with Crippen molar-refractivity contribution in [2.45, 2.75) is 30.8 Å².